The first-order valence-corrected chi connectivity index (χ1v) is 7.90. The van der Waals surface area contributed by atoms with Crippen molar-refractivity contribution in [2.24, 2.45) is 0 Å². The lowest BCUT2D eigenvalue weighted by Gasteiger charge is -2.14. The fourth-order valence-electron chi connectivity index (χ4n) is 2.00. The molecule has 0 bridgehead atoms. The third-order valence-corrected chi connectivity index (χ3v) is 3.79. The highest BCUT2D eigenvalue weighted by molar-refractivity contribution is 7.80. The van der Waals surface area contributed by atoms with Gasteiger partial charge in [0.15, 0.2) is 5.11 Å². The number of thiocarbonyl (C=S) groups is 1. The van der Waals surface area contributed by atoms with Crippen LogP contribution < -0.4 is 15.4 Å². The average molecular weight is 349 g/mol. The van der Waals surface area contributed by atoms with E-state index in [9.17, 15) is 4.79 Å². The third kappa shape index (κ3) is 4.43. The molecule has 120 valence electrons. The van der Waals surface area contributed by atoms with E-state index in [4.69, 9.17) is 28.6 Å². The molecule has 2 aromatic carbocycles. The number of rotatable bonds is 4. The van der Waals surface area contributed by atoms with Crippen LogP contribution in [-0.4, -0.2) is 17.6 Å². The zero-order valence-electron chi connectivity index (χ0n) is 12.9. The minimum Gasteiger partial charge on any atom is -0.493 e. The molecule has 1 amide bonds. The van der Waals surface area contributed by atoms with Crippen molar-refractivity contribution in [2.75, 3.05) is 11.9 Å². The van der Waals surface area contributed by atoms with Crippen molar-refractivity contribution in [2.45, 2.75) is 13.8 Å². The number of amides is 1. The van der Waals surface area contributed by atoms with Gasteiger partial charge in [-0.2, -0.15) is 0 Å². The quantitative estimate of drug-likeness (QED) is 0.814. The summed E-state index contributed by atoms with van der Waals surface area (Å²) in [5, 5.41) is 6.46. The van der Waals surface area contributed by atoms with E-state index in [1.54, 1.807) is 24.3 Å². The zero-order chi connectivity index (χ0) is 16.8. The van der Waals surface area contributed by atoms with Crippen LogP contribution in [0, 0.1) is 6.92 Å². The van der Waals surface area contributed by atoms with Crippen LogP contribution in [0.3, 0.4) is 0 Å². The molecule has 6 heteroatoms. The highest BCUT2D eigenvalue weighted by Crippen LogP contribution is 2.23. The topological polar surface area (TPSA) is 50.4 Å². The molecule has 2 rings (SSSR count). The minimum atomic E-state index is -0.328. The van der Waals surface area contributed by atoms with Gasteiger partial charge in [-0.25, -0.2) is 0 Å². The first kappa shape index (κ1) is 17.2. The van der Waals surface area contributed by atoms with Gasteiger partial charge in [0.25, 0.3) is 5.91 Å². The average Bonchev–Trinajstić information content (AvgIpc) is 2.52. The van der Waals surface area contributed by atoms with Crippen LogP contribution in [0.25, 0.3) is 0 Å². The summed E-state index contributed by atoms with van der Waals surface area (Å²) in [5.41, 5.74) is 2.04. The maximum Gasteiger partial charge on any atom is 0.261 e. The molecule has 0 heterocycles. The molecule has 0 fully saturated rings. The Morgan fingerprint density at radius 1 is 1.22 bits per heavy atom. The van der Waals surface area contributed by atoms with Gasteiger partial charge in [0.1, 0.15) is 5.75 Å². The number of hydrogen-bond donors (Lipinski definition) is 2. The maximum atomic E-state index is 12.3. The van der Waals surface area contributed by atoms with Crippen molar-refractivity contribution in [1.82, 2.24) is 5.32 Å². The van der Waals surface area contributed by atoms with E-state index < -0.39 is 0 Å². The molecule has 0 radical (unpaired) electrons. The summed E-state index contributed by atoms with van der Waals surface area (Å²) in [6.45, 7) is 4.22. The van der Waals surface area contributed by atoms with Gasteiger partial charge in [-0.05, 0) is 55.9 Å². The number of ether oxygens (including phenoxy) is 1. The van der Waals surface area contributed by atoms with Gasteiger partial charge >= 0.3 is 0 Å². The number of nitrogens with one attached hydrogen (secondary N) is 2. The van der Waals surface area contributed by atoms with E-state index in [1.807, 2.05) is 32.0 Å². The second-order valence-corrected chi connectivity index (χ2v) is 5.57. The normalized spacial score (nSPS) is 10.0. The minimum absolute atomic E-state index is 0.201. The highest BCUT2D eigenvalue weighted by Gasteiger charge is 2.13. The van der Waals surface area contributed by atoms with Gasteiger partial charge in [0.2, 0.25) is 0 Å². The molecule has 0 aliphatic rings. The summed E-state index contributed by atoms with van der Waals surface area (Å²) in [4.78, 5) is 12.3. The Bertz CT molecular complexity index is 734. The number of anilines is 1. The van der Waals surface area contributed by atoms with Crippen molar-refractivity contribution in [3.63, 3.8) is 0 Å². The monoisotopic (exact) mass is 348 g/mol. The molecular weight excluding hydrogens is 332 g/mol. The molecule has 2 aromatic rings. The molecular formula is C17H17ClN2O2S. The first-order chi connectivity index (χ1) is 11.0. The Hall–Kier alpha value is -2.11. The van der Waals surface area contributed by atoms with Crippen molar-refractivity contribution >= 4 is 40.5 Å². The lowest BCUT2D eigenvalue weighted by atomic mass is 10.2. The Kier molecular flexibility index (Phi) is 5.96. The summed E-state index contributed by atoms with van der Waals surface area (Å²) in [5.74, 6) is 0.195. The second kappa shape index (κ2) is 7.94. The van der Waals surface area contributed by atoms with Crippen LogP contribution in [0.1, 0.15) is 22.8 Å². The number of carbonyl (C=O) groups is 1. The molecule has 0 atom stereocenters. The Morgan fingerprint density at radius 2 is 1.96 bits per heavy atom. The molecule has 0 spiro atoms. The number of hydrogen-bond acceptors (Lipinski definition) is 3. The molecule has 23 heavy (non-hydrogen) atoms. The molecule has 0 aromatic heterocycles. The van der Waals surface area contributed by atoms with Gasteiger partial charge in [0.05, 0.1) is 12.2 Å². The largest absolute Gasteiger partial charge is 0.493 e. The van der Waals surface area contributed by atoms with Crippen molar-refractivity contribution < 1.29 is 9.53 Å². The highest BCUT2D eigenvalue weighted by atomic mass is 35.5. The molecule has 0 unspecified atom stereocenters. The summed E-state index contributed by atoms with van der Waals surface area (Å²) in [6, 6.07) is 12.5. The van der Waals surface area contributed by atoms with E-state index in [0.717, 1.165) is 11.3 Å². The van der Waals surface area contributed by atoms with E-state index in [-0.39, 0.29) is 11.0 Å². The van der Waals surface area contributed by atoms with E-state index in [0.29, 0.717) is 22.9 Å². The number of halogens is 1. The Labute approximate surface area is 145 Å². The van der Waals surface area contributed by atoms with Crippen LogP contribution >= 0.6 is 23.8 Å². The predicted octanol–water partition coefficient (Wildman–Crippen LogP) is 4.17. The lowest BCUT2D eigenvalue weighted by Crippen LogP contribution is -2.34. The van der Waals surface area contributed by atoms with Crippen LogP contribution in [0.15, 0.2) is 42.5 Å². The Balaban J connectivity index is 2.08. The van der Waals surface area contributed by atoms with E-state index in [1.165, 1.54) is 0 Å². The second-order valence-electron chi connectivity index (χ2n) is 4.75. The number of para-hydroxylation sites is 1. The van der Waals surface area contributed by atoms with Crippen LogP contribution in [0.5, 0.6) is 5.75 Å². The van der Waals surface area contributed by atoms with Crippen LogP contribution in [0.2, 0.25) is 5.02 Å². The molecule has 0 saturated carbocycles. The van der Waals surface area contributed by atoms with Gasteiger partial charge in [-0.3, -0.25) is 10.1 Å². The number of carbonyl (C=O) groups excluding carboxylic acids is 1. The summed E-state index contributed by atoms with van der Waals surface area (Å²) >= 11 is 11.3. The molecule has 0 aliphatic heterocycles. The smallest absolute Gasteiger partial charge is 0.261 e. The predicted molar refractivity (Wildman–Crippen MR) is 97.5 cm³/mol. The number of benzene rings is 2. The summed E-state index contributed by atoms with van der Waals surface area (Å²) < 4.78 is 5.45. The molecule has 0 aliphatic carbocycles. The van der Waals surface area contributed by atoms with E-state index in [2.05, 4.69) is 10.6 Å². The maximum absolute atomic E-state index is 12.3. The van der Waals surface area contributed by atoms with Crippen molar-refractivity contribution in [3.8, 4) is 5.75 Å². The third-order valence-electron chi connectivity index (χ3n) is 3.17. The fourth-order valence-corrected chi connectivity index (χ4v) is 2.38. The Morgan fingerprint density at radius 3 is 2.70 bits per heavy atom. The van der Waals surface area contributed by atoms with Crippen molar-refractivity contribution in [3.05, 3.63) is 58.6 Å². The zero-order valence-corrected chi connectivity index (χ0v) is 14.4. The molecule has 4 nitrogen and oxygen atoms in total. The SMILES string of the molecule is CCOc1ccccc1C(=O)NC(=S)Nc1cccc(Cl)c1C. The van der Waals surface area contributed by atoms with Gasteiger partial charge in [-0.1, -0.05) is 29.8 Å². The van der Waals surface area contributed by atoms with Gasteiger partial charge < -0.3 is 10.1 Å². The lowest BCUT2D eigenvalue weighted by molar-refractivity contribution is 0.0974. The standard InChI is InChI=1S/C17H17ClN2O2S/c1-3-22-15-10-5-4-7-12(15)16(21)20-17(23)19-14-9-6-8-13(18)11(14)2/h4-10H,3H2,1-2H3,(H2,19,20,21,23). The van der Waals surface area contributed by atoms with Crippen LogP contribution in [-0.2, 0) is 0 Å². The van der Waals surface area contributed by atoms with Gasteiger partial charge in [-0.15, -0.1) is 0 Å². The first-order valence-electron chi connectivity index (χ1n) is 7.12. The fraction of sp³-hybridized carbons (Fsp3) is 0.176. The molecule has 2 N–H and O–H groups in total. The molecule has 0 saturated heterocycles. The van der Waals surface area contributed by atoms with Gasteiger partial charge in [0, 0.05) is 10.7 Å². The summed E-state index contributed by atoms with van der Waals surface area (Å²) in [7, 11) is 0. The van der Waals surface area contributed by atoms with Crippen LogP contribution in [0.4, 0.5) is 5.69 Å². The van der Waals surface area contributed by atoms with Crippen molar-refractivity contribution in [1.29, 1.82) is 0 Å². The summed E-state index contributed by atoms with van der Waals surface area (Å²) in [6.07, 6.45) is 0. The van der Waals surface area contributed by atoms with E-state index >= 15 is 0 Å².